The van der Waals surface area contributed by atoms with Crippen molar-refractivity contribution in [2.45, 2.75) is 44.6 Å². The van der Waals surface area contributed by atoms with Crippen LogP contribution in [0.15, 0.2) is 18.2 Å². The van der Waals surface area contributed by atoms with Gasteiger partial charge in [-0.05, 0) is 56.8 Å². The zero-order chi connectivity index (χ0) is 22.0. The largest absolute Gasteiger partial charge is 0.497 e. The Balaban J connectivity index is 1.41. The van der Waals surface area contributed by atoms with Crippen LogP contribution in [-0.2, 0) is 9.59 Å². The van der Waals surface area contributed by atoms with Gasteiger partial charge in [0.2, 0.25) is 11.8 Å². The van der Waals surface area contributed by atoms with E-state index in [-0.39, 0.29) is 24.2 Å². The van der Waals surface area contributed by atoms with Gasteiger partial charge in [0.05, 0.1) is 25.8 Å². The van der Waals surface area contributed by atoms with Crippen molar-refractivity contribution in [1.29, 1.82) is 0 Å². The molecule has 2 amide bonds. The van der Waals surface area contributed by atoms with Gasteiger partial charge < -0.3 is 24.2 Å². The van der Waals surface area contributed by atoms with Crippen molar-refractivity contribution < 1.29 is 19.1 Å². The van der Waals surface area contributed by atoms with E-state index < -0.39 is 0 Å². The number of ether oxygens (including phenoxy) is 2. The predicted molar refractivity (Wildman–Crippen MR) is 120 cm³/mol. The molecule has 0 aliphatic carbocycles. The predicted octanol–water partition coefficient (Wildman–Crippen LogP) is 2.78. The van der Waals surface area contributed by atoms with Crippen molar-refractivity contribution in [3.8, 4) is 11.5 Å². The molecule has 3 aliphatic rings. The summed E-state index contributed by atoms with van der Waals surface area (Å²) in [6.45, 7) is 3.59. The van der Waals surface area contributed by atoms with Gasteiger partial charge in [-0.25, -0.2) is 0 Å². The average Bonchev–Trinajstić information content (AvgIpc) is 3.19. The normalized spacial score (nSPS) is 26.5. The minimum atomic E-state index is -0.310. The van der Waals surface area contributed by atoms with Gasteiger partial charge in [-0.1, -0.05) is 6.42 Å². The Morgan fingerprint density at radius 2 is 1.94 bits per heavy atom. The van der Waals surface area contributed by atoms with Gasteiger partial charge in [0.15, 0.2) is 0 Å². The summed E-state index contributed by atoms with van der Waals surface area (Å²) < 4.78 is 10.7. The second-order valence-electron chi connectivity index (χ2n) is 9.16. The molecule has 4 rings (SSSR count). The number of nitrogens with zero attached hydrogens (tertiary/aromatic N) is 3. The molecule has 31 heavy (non-hydrogen) atoms. The van der Waals surface area contributed by atoms with Crippen LogP contribution in [0.25, 0.3) is 0 Å². The topological polar surface area (TPSA) is 62.3 Å². The van der Waals surface area contributed by atoms with Gasteiger partial charge in [0, 0.05) is 38.7 Å². The lowest BCUT2D eigenvalue weighted by Crippen LogP contribution is -2.51. The number of piperidine rings is 2. The summed E-state index contributed by atoms with van der Waals surface area (Å²) >= 11 is 0. The zero-order valence-electron chi connectivity index (χ0n) is 19.0. The number of rotatable bonds is 6. The van der Waals surface area contributed by atoms with Crippen LogP contribution < -0.4 is 14.4 Å². The molecule has 0 spiro atoms. The number of hydrogen-bond acceptors (Lipinski definition) is 5. The van der Waals surface area contributed by atoms with Crippen molar-refractivity contribution in [3.05, 3.63) is 18.2 Å². The van der Waals surface area contributed by atoms with Crippen molar-refractivity contribution in [2.24, 2.45) is 11.8 Å². The van der Waals surface area contributed by atoms with E-state index in [1.165, 1.54) is 45.2 Å². The van der Waals surface area contributed by atoms with E-state index in [0.29, 0.717) is 35.7 Å². The number of benzene rings is 1. The SMILES string of the molecule is COc1ccc(N2C[C@H](C(=O)N(C)C[C@@H]3CCCN4CCCC[C@H]34)CC2=O)c(OC)c1. The second kappa shape index (κ2) is 9.47. The molecule has 0 radical (unpaired) electrons. The molecule has 1 aromatic rings. The first-order valence-corrected chi connectivity index (χ1v) is 11.5. The maximum Gasteiger partial charge on any atom is 0.227 e. The van der Waals surface area contributed by atoms with Crippen LogP contribution in [0.5, 0.6) is 11.5 Å². The van der Waals surface area contributed by atoms with E-state index in [1.807, 2.05) is 24.1 Å². The Labute approximate surface area is 185 Å². The fourth-order valence-electron chi connectivity index (χ4n) is 5.66. The summed E-state index contributed by atoms with van der Waals surface area (Å²) in [6.07, 6.45) is 6.50. The highest BCUT2D eigenvalue weighted by molar-refractivity contribution is 6.01. The number of carbonyl (C=O) groups excluding carboxylic acids is 2. The molecule has 0 saturated carbocycles. The molecule has 3 aliphatic heterocycles. The first kappa shape index (κ1) is 21.9. The average molecular weight is 430 g/mol. The number of amides is 2. The zero-order valence-corrected chi connectivity index (χ0v) is 19.0. The van der Waals surface area contributed by atoms with Gasteiger partial charge in [0.1, 0.15) is 11.5 Å². The first-order chi connectivity index (χ1) is 15.0. The second-order valence-corrected chi connectivity index (χ2v) is 9.16. The minimum absolute atomic E-state index is 0.0358. The molecule has 7 nitrogen and oxygen atoms in total. The number of hydrogen-bond donors (Lipinski definition) is 0. The van der Waals surface area contributed by atoms with Gasteiger partial charge in [-0.2, -0.15) is 0 Å². The van der Waals surface area contributed by atoms with Crippen molar-refractivity contribution in [3.63, 3.8) is 0 Å². The van der Waals surface area contributed by atoms with E-state index in [2.05, 4.69) is 4.90 Å². The molecule has 0 bridgehead atoms. The van der Waals surface area contributed by atoms with E-state index in [0.717, 1.165) is 6.54 Å². The molecular weight excluding hydrogens is 394 g/mol. The van der Waals surface area contributed by atoms with Crippen LogP contribution in [-0.4, -0.2) is 75.1 Å². The maximum atomic E-state index is 13.2. The van der Waals surface area contributed by atoms with Crippen LogP contribution in [0.4, 0.5) is 5.69 Å². The van der Waals surface area contributed by atoms with Crippen molar-refractivity contribution in [2.75, 3.05) is 52.3 Å². The number of carbonyl (C=O) groups is 2. The fraction of sp³-hybridized carbons (Fsp3) is 0.667. The molecular formula is C24H35N3O4. The standard InChI is InChI=1S/C24H35N3O4/c1-25(15-17-7-6-12-26-11-5-4-8-20(17)26)24(29)18-13-23(28)27(16-18)21-10-9-19(30-2)14-22(21)31-3/h9-10,14,17-18,20H,4-8,11-13,15-16H2,1-3H3/t17-,18+,20+/m0/s1. The monoisotopic (exact) mass is 429 g/mol. The summed E-state index contributed by atoms with van der Waals surface area (Å²) in [5.41, 5.74) is 0.691. The van der Waals surface area contributed by atoms with Gasteiger partial charge in [-0.3, -0.25) is 9.59 Å². The molecule has 0 N–H and O–H groups in total. The Bertz CT molecular complexity index is 812. The highest BCUT2D eigenvalue weighted by atomic mass is 16.5. The van der Waals surface area contributed by atoms with Gasteiger partial charge in [0.25, 0.3) is 0 Å². The molecule has 0 aromatic heterocycles. The summed E-state index contributed by atoms with van der Waals surface area (Å²) in [7, 11) is 5.08. The molecule has 3 atom stereocenters. The lowest BCUT2D eigenvalue weighted by molar-refractivity contribution is -0.135. The molecule has 7 heteroatoms. The molecule has 3 saturated heterocycles. The molecule has 1 aromatic carbocycles. The summed E-state index contributed by atoms with van der Waals surface area (Å²) in [5.74, 6) is 1.52. The Kier molecular flexibility index (Phi) is 6.70. The third-order valence-electron chi connectivity index (χ3n) is 7.27. The fourth-order valence-corrected chi connectivity index (χ4v) is 5.66. The summed E-state index contributed by atoms with van der Waals surface area (Å²) in [5, 5.41) is 0. The van der Waals surface area contributed by atoms with E-state index in [4.69, 9.17) is 9.47 Å². The van der Waals surface area contributed by atoms with Crippen molar-refractivity contribution >= 4 is 17.5 Å². The third kappa shape index (κ3) is 4.52. The van der Waals surface area contributed by atoms with Gasteiger partial charge in [-0.15, -0.1) is 0 Å². The van der Waals surface area contributed by atoms with Crippen LogP contribution >= 0.6 is 0 Å². The van der Waals surface area contributed by atoms with Crippen LogP contribution in [0.2, 0.25) is 0 Å². The highest BCUT2D eigenvalue weighted by Crippen LogP contribution is 2.36. The smallest absolute Gasteiger partial charge is 0.227 e. The molecule has 3 heterocycles. The highest BCUT2D eigenvalue weighted by Gasteiger charge is 2.39. The Morgan fingerprint density at radius 1 is 1.13 bits per heavy atom. The number of methoxy groups -OCH3 is 2. The van der Waals surface area contributed by atoms with Gasteiger partial charge >= 0.3 is 0 Å². The van der Waals surface area contributed by atoms with Crippen molar-refractivity contribution in [1.82, 2.24) is 9.80 Å². The van der Waals surface area contributed by atoms with Crippen LogP contribution in [0.1, 0.15) is 38.5 Å². The summed E-state index contributed by atoms with van der Waals surface area (Å²) in [6, 6.07) is 6.02. The Morgan fingerprint density at radius 3 is 2.71 bits per heavy atom. The van der Waals surface area contributed by atoms with E-state index in [9.17, 15) is 9.59 Å². The van der Waals surface area contributed by atoms with E-state index in [1.54, 1.807) is 25.2 Å². The minimum Gasteiger partial charge on any atom is -0.497 e. The Hall–Kier alpha value is -2.28. The first-order valence-electron chi connectivity index (χ1n) is 11.5. The lowest BCUT2D eigenvalue weighted by Gasteiger charge is -2.45. The van der Waals surface area contributed by atoms with Crippen LogP contribution in [0.3, 0.4) is 0 Å². The molecule has 170 valence electrons. The quantitative estimate of drug-likeness (QED) is 0.696. The van der Waals surface area contributed by atoms with E-state index >= 15 is 0 Å². The van der Waals surface area contributed by atoms with Crippen LogP contribution in [0, 0.1) is 11.8 Å². The third-order valence-corrected chi connectivity index (χ3v) is 7.27. The number of fused-ring (bicyclic) bond motifs is 1. The molecule has 3 fully saturated rings. The lowest BCUT2D eigenvalue weighted by atomic mass is 9.83. The number of anilines is 1. The summed E-state index contributed by atoms with van der Waals surface area (Å²) in [4.78, 5) is 32.2. The molecule has 0 unspecified atom stereocenters. The maximum absolute atomic E-state index is 13.2.